The maximum atomic E-state index is 12.5. The van der Waals surface area contributed by atoms with Gasteiger partial charge >= 0.3 is 0 Å². The third-order valence-corrected chi connectivity index (χ3v) is 3.59. The molecule has 0 saturated carbocycles. The van der Waals surface area contributed by atoms with Crippen LogP contribution < -0.4 is 5.32 Å². The van der Waals surface area contributed by atoms with E-state index in [1.54, 1.807) is 18.6 Å². The van der Waals surface area contributed by atoms with Crippen LogP contribution in [0.5, 0.6) is 0 Å². The van der Waals surface area contributed by atoms with Crippen LogP contribution in [-0.2, 0) is 6.54 Å². The molecule has 0 aliphatic rings. The van der Waals surface area contributed by atoms with Crippen LogP contribution in [0.25, 0.3) is 11.0 Å². The molecule has 3 aromatic heterocycles. The molecule has 0 fully saturated rings. The summed E-state index contributed by atoms with van der Waals surface area (Å²) < 4.78 is 1.91. The zero-order valence-electron chi connectivity index (χ0n) is 12.9. The maximum absolute atomic E-state index is 12.5. The first kappa shape index (κ1) is 14.3. The molecule has 1 amide bonds. The van der Waals surface area contributed by atoms with Crippen LogP contribution in [0.1, 0.15) is 29.9 Å². The number of nitrogens with zero attached hydrogens (tertiary/aromatic N) is 3. The van der Waals surface area contributed by atoms with Gasteiger partial charge in [0.1, 0.15) is 5.65 Å². The van der Waals surface area contributed by atoms with Gasteiger partial charge in [0.15, 0.2) is 0 Å². The number of fused-ring (bicyclic) bond motifs is 1. The molecule has 0 radical (unpaired) electrons. The van der Waals surface area contributed by atoms with Gasteiger partial charge in [0, 0.05) is 24.3 Å². The number of anilines is 1. The average Bonchev–Trinajstić information content (AvgIpc) is 3.05. The van der Waals surface area contributed by atoms with Crippen molar-refractivity contribution in [3.63, 3.8) is 0 Å². The molecule has 0 atom stereocenters. The Hall–Kier alpha value is -2.63. The van der Waals surface area contributed by atoms with E-state index in [9.17, 15) is 4.79 Å². The van der Waals surface area contributed by atoms with Gasteiger partial charge in [-0.25, -0.2) is 4.98 Å². The van der Waals surface area contributed by atoms with E-state index in [1.165, 1.54) is 0 Å². The van der Waals surface area contributed by atoms with Gasteiger partial charge in [0.05, 0.1) is 23.1 Å². The third kappa shape index (κ3) is 2.59. The Balaban J connectivity index is 1.84. The lowest BCUT2D eigenvalue weighted by atomic mass is 10.2. The molecule has 3 aromatic rings. The smallest absolute Gasteiger partial charge is 0.257 e. The summed E-state index contributed by atoms with van der Waals surface area (Å²) in [7, 11) is 0. The minimum atomic E-state index is -0.161. The zero-order chi connectivity index (χ0) is 15.7. The van der Waals surface area contributed by atoms with Crippen molar-refractivity contribution >= 4 is 22.6 Å². The van der Waals surface area contributed by atoms with E-state index >= 15 is 0 Å². The van der Waals surface area contributed by atoms with Crippen LogP contribution >= 0.6 is 0 Å². The zero-order valence-corrected chi connectivity index (χ0v) is 12.9. The predicted octanol–water partition coefficient (Wildman–Crippen LogP) is 2.98. The van der Waals surface area contributed by atoms with E-state index in [1.807, 2.05) is 23.7 Å². The fourth-order valence-corrected chi connectivity index (χ4v) is 2.43. The van der Waals surface area contributed by atoms with Crippen molar-refractivity contribution in [2.24, 2.45) is 5.92 Å². The van der Waals surface area contributed by atoms with Gasteiger partial charge in [0.2, 0.25) is 0 Å². The van der Waals surface area contributed by atoms with Gasteiger partial charge in [-0.1, -0.05) is 13.8 Å². The summed E-state index contributed by atoms with van der Waals surface area (Å²) in [5.74, 6) is 0.341. The van der Waals surface area contributed by atoms with Crippen molar-refractivity contribution in [2.75, 3.05) is 5.32 Å². The van der Waals surface area contributed by atoms with E-state index in [-0.39, 0.29) is 5.91 Å². The summed E-state index contributed by atoms with van der Waals surface area (Å²) in [6, 6.07) is 3.70. The predicted molar refractivity (Wildman–Crippen MR) is 85.8 cm³/mol. The molecule has 6 heteroatoms. The molecule has 22 heavy (non-hydrogen) atoms. The molecule has 3 heterocycles. The largest absolute Gasteiger partial charge is 0.345 e. The van der Waals surface area contributed by atoms with Gasteiger partial charge in [-0.3, -0.25) is 9.48 Å². The Labute approximate surface area is 128 Å². The van der Waals surface area contributed by atoms with Crippen molar-refractivity contribution in [1.29, 1.82) is 0 Å². The molecular weight excluding hydrogens is 278 g/mol. The highest BCUT2D eigenvalue weighted by molar-refractivity contribution is 6.12. The van der Waals surface area contributed by atoms with Crippen LogP contribution in [0.2, 0.25) is 0 Å². The Morgan fingerprint density at radius 1 is 1.45 bits per heavy atom. The summed E-state index contributed by atoms with van der Waals surface area (Å²) >= 11 is 0. The molecule has 114 valence electrons. The monoisotopic (exact) mass is 297 g/mol. The van der Waals surface area contributed by atoms with Gasteiger partial charge in [-0.15, -0.1) is 0 Å². The normalized spacial score (nSPS) is 11.3. The summed E-state index contributed by atoms with van der Waals surface area (Å²) in [6.45, 7) is 7.07. The first-order valence-corrected chi connectivity index (χ1v) is 7.32. The number of aromatic nitrogens is 4. The van der Waals surface area contributed by atoms with E-state index in [4.69, 9.17) is 0 Å². The number of nitrogens with one attached hydrogen (secondary N) is 2. The number of carbonyl (C=O) groups excluding carboxylic acids is 1. The Morgan fingerprint density at radius 3 is 3.05 bits per heavy atom. The number of rotatable bonds is 4. The lowest BCUT2D eigenvalue weighted by Gasteiger charge is -2.08. The van der Waals surface area contributed by atoms with Gasteiger partial charge < -0.3 is 10.3 Å². The van der Waals surface area contributed by atoms with Crippen molar-refractivity contribution in [3.8, 4) is 0 Å². The minimum absolute atomic E-state index is 0.161. The van der Waals surface area contributed by atoms with Crippen LogP contribution in [0.4, 0.5) is 5.69 Å². The molecule has 0 spiro atoms. The molecule has 0 aromatic carbocycles. The van der Waals surface area contributed by atoms with E-state index in [0.717, 1.165) is 23.3 Å². The standard InChI is InChI=1S/C16H19N5O/c1-10(2)9-21-11(3)14(8-19-21)20-16(22)13-7-18-15-12(13)5-4-6-17-15/h4-8,10H,9H2,1-3H3,(H,17,18)(H,20,22). The van der Waals surface area contributed by atoms with Gasteiger partial charge in [-0.2, -0.15) is 5.10 Å². The number of carbonyl (C=O) groups is 1. The van der Waals surface area contributed by atoms with Crippen LogP contribution in [0, 0.1) is 12.8 Å². The molecule has 0 aliphatic heterocycles. The highest BCUT2D eigenvalue weighted by Crippen LogP contribution is 2.20. The maximum Gasteiger partial charge on any atom is 0.257 e. The first-order valence-electron chi connectivity index (χ1n) is 7.32. The molecule has 3 rings (SSSR count). The summed E-state index contributed by atoms with van der Waals surface area (Å²) in [5.41, 5.74) is 2.99. The Morgan fingerprint density at radius 2 is 2.27 bits per heavy atom. The molecule has 0 aliphatic carbocycles. The lowest BCUT2D eigenvalue weighted by Crippen LogP contribution is -2.13. The fraction of sp³-hybridized carbons (Fsp3) is 0.312. The molecule has 0 unspecified atom stereocenters. The lowest BCUT2D eigenvalue weighted by molar-refractivity contribution is 0.102. The van der Waals surface area contributed by atoms with Crippen molar-refractivity contribution in [3.05, 3.63) is 42.0 Å². The van der Waals surface area contributed by atoms with Crippen molar-refractivity contribution in [2.45, 2.75) is 27.3 Å². The molecular formula is C16H19N5O. The third-order valence-electron chi connectivity index (χ3n) is 3.59. The summed E-state index contributed by atoms with van der Waals surface area (Å²) in [4.78, 5) is 19.7. The number of hydrogen-bond donors (Lipinski definition) is 2. The summed E-state index contributed by atoms with van der Waals surface area (Å²) in [6.07, 6.45) is 5.07. The van der Waals surface area contributed by atoms with Gasteiger partial charge in [0.25, 0.3) is 5.91 Å². The second kappa shape index (κ2) is 5.63. The minimum Gasteiger partial charge on any atom is -0.345 e. The molecule has 0 saturated heterocycles. The van der Waals surface area contributed by atoms with Crippen LogP contribution in [0.3, 0.4) is 0 Å². The van der Waals surface area contributed by atoms with E-state index in [2.05, 4.69) is 34.2 Å². The number of hydrogen-bond acceptors (Lipinski definition) is 3. The average molecular weight is 297 g/mol. The highest BCUT2D eigenvalue weighted by atomic mass is 16.1. The molecule has 0 bridgehead atoms. The SMILES string of the molecule is Cc1c(NC(=O)c2c[nH]c3ncccc23)cnn1CC(C)C. The van der Waals surface area contributed by atoms with Gasteiger partial charge in [-0.05, 0) is 25.0 Å². The number of aromatic amines is 1. The summed E-state index contributed by atoms with van der Waals surface area (Å²) in [5, 5.41) is 8.07. The Kier molecular flexibility index (Phi) is 3.66. The fourth-order valence-electron chi connectivity index (χ4n) is 2.43. The van der Waals surface area contributed by atoms with Crippen molar-refractivity contribution < 1.29 is 4.79 Å². The Bertz CT molecular complexity index is 815. The number of H-pyrrole nitrogens is 1. The van der Waals surface area contributed by atoms with Crippen LogP contribution in [0.15, 0.2) is 30.7 Å². The first-order chi connectivity index (χ1) is 10.6. The van der Waals surface area contributed by atoms with Crippen molar-refractivity contribution in [1.82, 2.24) is 19.7 Å². The van der Waals surface area contributed by atoms with E-state index < -0.39 is 0 Å². The molecule has 2 N–H and O–H groups in total. The topological polar surface area (TPSA) is 75.6 Å². The number of pyridine rings is 1. The quantitative estimate of drug-likeness (QED) is 0.777. The molecule has 6 nitrogen and oxygen atoms in total. The second-order valence-corrected chi connectivity index (χ2v) is 5.78. The number of amides is 1. The highest BCUT2D eigenvalue weighted by Gasteiger charge is 2.15. The van der Waals surface area contributed by atoms with E-state index in [0.29, 0.717) is 17.1 Å². The second-order valence-electron chi connectivity index (χ2n) is 5.78. The van der Waals surface area contributed by atoms with Crippen LogP contribution in [-0.4, -0.2) is 25.7 Å².